The third-order valence-electron chi connectivity index (χ3n) is 5.40. The minimum Gasteiger partial charge on any atom is -0.494 e. The molecule has 33 heavy (non-hydrogen) atoms. The van der Waals surface area contributed by atoms with E-state index in [4.69, 9.17) is 4.74 Å². The van der Waals surface area contributed by atoms with Crippen LogP contribution in [-0.4, -0.2) is 18.4 Å². The van der Waals surface area contributed by atoms with Crippen molar-refractivity contribution in [2.24, 2.45) is 0 Å². The monoisotopic (exact) mass is 444 g/mol. The first kappa shape index (κ1) is 22.3. The van der Waals surface area contributed by atoms with Crippen LogP contribution in [0.25, 0.3) is 5.57 Å². The van der Waals surface area contributed by atoms with Gasteiger partial charge in [-0.2, -0.15) is 0 Å². The highest BCUT2D eigenvalue weighted by molar-refractivity contribution is 6.46. The first-order chi connectivity index (χ1) is 15.9. The molecular weight excluding hydrogens is 419 g/mol. The van der Waals surface area contributed by atoms with E-state index in [-0.39, 0.29) is 17.0 Å². The first-order valence-electron chi connectivity index (χ1n) is 10.9. The molecule has 2 amide bonds. The molecule has 1 N–H and O–H groups in total. The van der Waals surface area contributed by atoms with Crippen molar-refractivity contribution >= 4 is 28.8 Å². The molecule has 0 aliphatic carbocycles. The summed E-state index contributed by atoms with van der Waals surface area (Å²) in [5.41, 5.74) is 3.34. The Labute approximate surface area is 192 Å². The summed E-state index contributed by atoms with van der Waals surface area (Å²) in [5, 5.41) is 3.11. The number of rotatable bonds is 7. The number of ether oxygens (including phenoxy) is 1. The molecule has 1 heterocycles. The number of anilines is 2. The second kappa shape index (κ2) is 9.28. The van der Waals surface area contributed by atoms with E-state index in [2.05, 4.69) is 5.32 Å². The van der Waals surface area contributed by atoms with E-state index in [9.17, 15) is 14.0 Å². The van der Waals surface area contributed by atoms with E-state index in [1.807, 2.05) is 45.0 Å². The molecule has 3 aromatic rings. The van der Waals surface area contributed by atoms with Crippen LogP contribution in [0.2, 0.25) is 0 Å². The molecule has 0 radical (unpaired) electrons. The van der Waals surface area contributed by atoms with Crippen LogP contribution in [0.5, 0.6) is 5.75 Å². The van der Waals surface area contributed by atoms with Crippen molar-refractivity contribution < 1.29 is 18.7 Å². The minimum absolute atomic E-state index is 0.0772. The summed E-state index contributed by atoms with van der Waals surface area (Å²) in [6.07, 6.45) is 0.865. The van der Waals surface area contributed by atoms with Crippen molar-refractivity contribution in [3.05, 3.63) is 94.9 Å². The molecule has 0 bridgehead atoms. The summed E-state index contributed by atoms with van der Waals surface area (Å²) >= 11 is 0. The maximum Gasteiger partial charge on any atom is 0.282 e. The van der Waals surface area contributed by atoms with Gasteiger partial charge in [0.05, 0.1) is 17.9 Å². The number of halogens is 1. The summed E-state index contributed by atoms with van der Waals surface area (Å²) in [4.78, 5) is 27.9. The molecule has 0 spiro atoms. The molecule has 5 nitrogen and oxygen atoms in total. The van der Waals surface area contributed by atoms with Crippen molar-refractivity contribution in [1.82, 2.24) is 0 Å². The Morgan fingerprint density at radius 3 is 2.45 bits per heavy atom. The van der Waals surface area contributed by atoms with Gasteiger partial charge in [0.25, 0.3) is 11.8 Å². The number of amides is 2. The van der Waals surface area contributed by atoms with E-state index >= 15 is 0 Å². The molecule has 1 aliphatic heterocycles. The van der Waals surface area contributed by atoms with Crippen molar-refractivity contribution in [1.29, 1.82) is 0 Å². The lowest BCUT2D eigenvalue weighted by Crippen LogP contribution is -2.33. The van der Waals surface area contributed by atoms with Crippen molar-refractivity contribution in [3.8, 4) is 5.75 Å². The number of imide groups is 1. The van der Waals surface area contributed by atoms with Crippen LogP contribution in [0.1, 0.15) is 30.0 Å². The predicted octanol–water partition coefficient (Wildman–Crippen LogP) is 5.63. The second-order valence-electron chi connectivity index (χ2n) is 7.97. The molecule has 0 fully saturated rings. The van der Waals surface area contributed by atoms with Gasteiger partial charge in [0, 0.05) is 11.8 Å². The highest BCUT2D eigenvalue weighted by Gasteiger charge is 2.41. The fourth-order valence-electron chi connectivity index (χ4n) is 3.87. The average molecular weight is 445 g/mol. The fourth-order valence-corrected chi connectivity index (χ4v) is 3.87. The van der Waals surface area contributed by atoms with E-state index in [1.54, 1.807) is 24.3 Å². The summed E-state index contributed by atoms with van der Waals surface area (Å²) < 4.78 is 20.3. The van der Waals surface area contributed by atoms with Gasteiger partial charge in [-0.05, 0) is 55.7 Å². The topological polar surface area (TPSA) is 58.6 Å². The zero-order valence-corrected chi connectivity index (χ0v) is 18.8. The van der Waals surface area contributed by atoms with Gasteiger partial charge >= 0.3 is 0 Å². The van der Waals surface area contributed by atoms with Crippen LogP contribution in [-0.2, 0) is 9.59 Å². The van der Waals surface area contributed by atoms with Crippen molar-refractivity contribution in [3.63, 3.8) is 0 Å². The van der Waals surface area contributed by atoms with E-state index in [0.29, 0.717) is 23.6 Å². The second-order valence-corrected chi connectivity index (χ2v) is 7.97. The number of carbonyl (C=O) groups is 2. The van der Waals surface area contributed by atoms with Crippen molar-refractivity contribution in [2.75, 3.05) is 16.8 Å². The Hall–Kier alpha value is -3.93. The molecule has 6 heteroatoms. The maximum absolute atomic E-state index is 14.6. The lowest BCUT2D eigenvalue weighted by Gasteiger charge is -2.16. The zero-order valence-electron chi connectivity index (χ0n) is 18.8. The first-order valence-corrected chi connectivity index (χ1v) is 10.9. The Kier molecular flexibility index (Phi) is 6.27. The van der Waals surface area contributed by atoms with Crippen LogP contribution in [0.4, 0.5) is 15.8 Å². The van der Waals surface area contributed by atoms with Gasteiger partial charge in [-0.1, -0.05) is 48.9 Å². The third kappa shape index (κ3) is 4.37. The lowest BCUT2D eigenvalue weighted by atomic mass is 9.97. The number of benzene rings is 3. The molecule has 0 atom stereocenters. The van der Waals surface area contributed by atoms with Gasteiger partial charge in [-0.25, -0.2) is 9.29 Å². The summed E-state index contributed by atoms with van der Waals surface area (Å²) in [7, 11) is 0. The number of nitrogens with one attached hydrogen (secondary N) is 1. The van der Waals surface area contributed by atoms with Gasteiger partial charge in [0.1, 0.15) is 17.3 Å². The van der Waals surface area contributed by atoms with Crippen LogP contribution in [0.15, 0.2) is 72.4 Å². The molecular formula is C27H25FN2O3. The number of hydrogen-bond donors (Lipinski definition) is 1. The number of hydrogen-bond acceptors (Lipinski definition) is 4. The Morgan fingerprint density at radius 2 is 1.73 bits per heavy atom. The molecule has 0 aromatic heterocycles. The van der Waals surface area contributed by atoms with Gasteiger partial charge in [-0.3, -0.25) is 9.59 Å². The number of carbonyl (C=O) groups excluding carboxylic acids is 2. The van der Waals surface area contributed by atoms with Gasteiger partial charge in [0.15, 0.2) is 0 Å². The highest BCUT2D eigenvalue weighted by atomic mass is 19.1. The molecule has 0 saturated heterocycles. The Balaban J connectivity index is 1.81. The summed E-state index contributed by atoms with van der Waals surface area (Å²) in [5.74, 6) is -1.17. The van der Waals surface area contributed by atoms with Crippen LogP contribution in [0.3, 0.4) is 0 Å². The van der Waals surface area contributed by atoms with Crippen molar-refractivity contribution in [2.45, 2.75) is 27.2 Å². The molecule has 0 saturated carbocycles. The quantitative estimate of drug-likeness (QED) is 0.480. The SMILES string of the molecule is CCCOc1cccc(NC2=C(c3ccc(C)cc3C)C(=O)N(c3ccccc3F)C2=O)c1. The molecule has 3 aromatic carbocycles. The van der Waals surface area contributed by atoms with Gasteiger partial charge < -0.3 is 10.1 Å². The largest absolute Gasteiger partial charge is 0.494 e. The normalized spacial score (nSPS) is 13.6. The fraction of sp³-hybridized carbons (Fsp3) is 0.185. The van der Waals surface area contributed by atoms with Gasteiger partial charge in [-0.15, -0.1) is 0 Å². The maximum atomic E-state index is 14.6. The van der Waals surface area contributed by atoms with E-state index < -0.39 is 17.6 Å². The Bertz CT molecular complexity index is 1270. The number of nitrogens with zero attached hydrogens (tertiary/aromatic N) is 1. The molecule has 168 valence electrons. The smallest absolute Gasteiger partial charge is 0.282 e. The summed E-state index contributed by atoms with van der Waals surface area (Å²) in [6, 6.07) is 18.6. The summed E-state index contributed by atoms with van der Waals surface area (Å²) in [6.45, 7) is 6.43. The van der Waals surface area contributed by atoms with Crippen LogP contribution in [0, 0.1) is 19.7 Å². The number of para-hydroxylation sites is 1. The standard InChI is InChI=1S/C27H25FN2O3/c1-4-14-33-20-9-7-8-19(16-20)29-25-24(21-13-12-17(2)15-18(21)3)26(31)30(27(25)32)23-11-6-5-10-22(23)28/h5-13,15-16,29H,4,14H2,1-3H3. The third-order valence-corrected chi connectivity index (χ3v) is 5.40. The van der Waals surface area contributed by atoms with Gasteiger partial charge in [0.2, 0.25) is 0 Å². The number of aryl methyl sites for hydroxylation is 2. The van der Waals surface area contributed by atoms with Crippen LogP contribution < -0.4 is 15.0 Å². The Morgan fingerprint density at radius 1 is 0.939 bits per heavy atom. The van der Waals surface area contributed by atoms with Crippen LogP contribution >= 0.6 is 0 Å². The van der Waals surface area contributed by atoms with E-state index in [0.717, 1.165) is 22.4 Å². The molecule has 4 rings (SSSR count). The predicted molar refractivity (Wildman–Crippen MR) is 128 cm³/mol. The molecule has 0 unspecified atom stereocenters. The molecule has 1 aliphatic rings. The lowest BCUT2D eigenvalue weighted by molar-refractivity contribution is -0.120. The van der Waals surface area contributed by atoms with E-state index in [1.165, 1.54) is 18.2 Å². The minimum atomic E-state index is -0.643. The zero-order chi connectivity index (χ0) is 23.5. The highest BCUT2D eigenvalue weighted by Crippen LogP contribution is 2.36. The average Bonchev–Trinajstić information content (AvgIpc) is 3.02.